The highest BCUT2D eigenvalue weighted by molar-refractivity contribution is 7.13. The first kappa shape index (κ1) is 18.4. The van der Waals surface area contributed by atoms with E-state index in [9.17, 15) is 4.79 Å². The van der Waals surface area contributed by atoms with Gasteiger partial charge in [0.05, 0.1) is 29.6 Å². The van der Waals surface area contributed by atoms with E-state index in [-0.39, 0.29) is 11.9 Å². The van der Waals surface area contributed by atoms with Gasteiger partial charge >= 0.3 is 5.97 Å². The van der Waals surface area contributed by atoms with Crippen LogP contribution in [0.4, 0.5) is 0 Å². The average Bonchev–Trinajstić information content (AvgIpc) is 3.34. The summed E-state index contributed by atoms with van der Waals surface area (Å²) in [5, 5.41) is 5.32. The highest BCUT2D eigenvalue weighted by Crippen LogP contribution is 2.23. The molecule has 7 nitrogen and oxygen atoms in total. The number of rotatable bonds is 5. The van der Waals surface area contributed by atoms with Crippen molar-refractivity contribution in [3.63, 3.8) is 0 Å². The third-order valence-corrected chi connectivity index (χ3v) is 5.20. The normalized spacial score (nSPS) is 15.9. The van der Waals surface area contributed by atoms with Crippen molar-refractivity contribution >= 4 is 23.3 Å². The Hall–Kier alpha value is -2.35. The summed E-state index contributed by atoms with van der Waals surface area (Å²) >= 11 is 1.60. The molecule has 0 aliphatic carbocycles. The minimum Gasteiger partial charge on any atom is -0.466 e. The predicted molar refractivity (Wildman–Crippen MR) is 101 cm³/mol. The maximum atomic E-state index is 11.9. The van der Waals surface area contributed by atoms with Gasteiger partial charge in [0.15, 0.2) is 5.96 Å². The van der Waals surface area contributed by atoms with E-state index >= 15 is 0 Å². The third kappa shape index (κ3) is 4.43. The van der Waals surface area contributed by atoms with E-state index in [1.807, 2.05) is 24.4 Å². The van der Waals surface area contributed by atoms with Gasteiger partial charge in [-0.2, -0.15) is 0 Å². The number of thiophene rings is 1. The smallest absolute Gasteiger partial charge is 0.309 e. The minimum atomic E-state index is -0.0844. The molecule has 0 aromatic carbocycles. The Morgan fingerprint density at radius 2 is 2.31 bits per heavy atom. The lowest BCUT2D eigenvalue weighted by atomic mass is 9.97. The molecule has 3 heterocycles. The van der Waals surface area contributed by atoms with Gasteiger partial charge in [-0.3, -0.25) is 9.79 Å². The topological polar surface area (TPSA) is 80.0 Å². The fraction of sp³-hybridized carbons (Fsp3) is 0.500. The number of oxazole rings is 1. The molecule has 26 heavy (non-hydrogen) atoms. The van der Waals surface area contributed by atoms with Crippen molar-refractivity contribution in [3.05, 3.63) is 29.5 Å². The van der Waals surface area contributed by atoms with Crippen molar-refractivity contribution in [3.8, 4) is 10.8 Å². The van der Waals surface area contributed by atoms with Gasteiger partial charge in [-0.15, -0.1) is 11.3 Å². The molecule has 1 aliphatic heterocycles. The van der Waals surface area contributed by atoms with E-state index in [2.05, 4.69) is 20.2 Å². The number of carbonyl (C=O) groups excluding carboxylic acids is 1. The molecular weight excluding hydrogens is 352 g/mol. The van der Waals surface area contributed by atoms with Gasteiger partial charge in [0, 0.05) is 20.1 Å². The van der Waals surface area contributed by atoms with Crippen molar-refractivity contribution in [2.24, 2.45) is 10.9 Å². The molecule has 0 spiro atoms. The number of likely N-dealkylation sites (tertiary alicyclic amines) is 1. The Bertz CT molecular complexity index is 733. The Balaban J connectivity index is 1.50. The zero-order valence-electron chi connectivity index (χ0n) is 15.1. The lowest BCUT2D eigenvalue weighted by Crippen LogP contribution is -2.46. The molecule has 1 saturated heterocycles. The second-order valence-corrected chi connectivity index (χ2v) is 6.98. The standard InChI is InChI=1S/C18H24N4O3S/c1-3-24-17(23)13-6-8-22(9-7-13)18(19-2)20-11-14-12-25-16(21-14)15-5-4-10-26-15/h4-5,10,12-13H,3,6-9,11H2,1-2H3,(H,19,20). The van der Waals surface area contributed by atoms with E-state index in [1.54, 1.807) is 24.6 Å². The summed E-state index contributed by atoms with van der Waals surface area (Å²) in [5.41, 5.74) is 0.830. The first-order valence-electron chi connectivity index (χ1n) is 8.81. The highest BCUT2D eigenvalue weighted by atomic mass is 32.1. The largest absolute Gasteiger partial charge is 0.466 e. The van der Waals surface area contributed by atoms with Crippen molar-refractivity contribution in [1.82, 2.24) is 15.2 Å². The van der Waals surface area contributed by atoms with Crippen LogP contribution in [-0.2, 0) is 16.1 Å². The van der Waals surface area contributed by atoms with E-state index < -0.39 is 0 Å². The lowest BCUT2D eigenvalue weighted by Gasteiger charge is -2.33. The van der Waals surface area contributed by atoms with Gasteiger partial charge in [0.2, 0.25) is 5.89 Å². The van der Waals surface area contributed by atoms with Gasteiger partial charge in [0.25, 0.3) is 0 Å². The van der Waals surface area contributed by atoms with Crippen LogP contribution in [0.5, 0.6) is 0 Å². The first-order valence-corrected chi connectivity index (χ1v) is 9.69. The quantitative estimate of drug-likeness (QED) is 0.491. The fourth-order valence-corrected chi connectivity index (χ4v) is 3.65. The van der Waals surface area contributed by atoms with E-state index in [1.165, 1.54) is 0 Å². The number of hydrogen-bond acceptors (Lipinski definition) is 6. The Morgan fingerprint density at radius 3 is 2.96 bits per heavy atom. The number of hydrogen-bond donors (Lipinski definition) is 1. The van der Waals surface area contributed by atoms with Crippen molar-refractivity contribution in [2.75, 3.05) is 26.7 Å². The molecule has 1 N–H and O–H groups in total. The molecule has 0 atom stereocenters. The summed E-state index contributed by atoms with van der Waals surface area (Å²) < 4.78 is 10.7. The summed E-state index contributed by atoms with van der Waals surface area (Å²) in [7, 11) is 1.76. The van der Waals surface area contributed by atoms with Crippen LogP contribution in [0.2, 0.25) is 0 Å². The fourth-order valence-electron chi connectivity index (χ4n) is 2.99. The summed E-state index contributed by atoms with van der Waals surface area (Å²) in [5.74, 6) is 1.36. The molecule has 0 amide bonds. The second-order valence-electron chi connectivity index (χ2n) is 6.04. The van der Waals surface area contributed by atoms with Crippen molar-refractivity contribution in [2.45, 2.75) is 26.3 Å². The molecule has 8 heteroatoms. The molecule has 3 rings (SSSR count). The molecular formula is C18H24N4O3S. The summed E-state index contributed by atoms with van der Waals surface area (Å²) in [6, 6.07) is 3.96. The van der Waals surface area contributed by atoms with Gasteiger partial charge in [-0.1, -0.05) is 6.07 Å². The number of piperidine rings is 1. The molecule has 0 unspecified atom stereocenters. The van der Waals surface area contributed by atoms with Gasteiger partial charge in [-0.05, 0) is 31.2 Å². The molecule has 2 aromatic rings. The number of esters is 1. The number of guanidine groups is 1. The van der Waals surface area contributed by atoms with Crippen LogP contribution < -0.4 is 5.32 Å². The Labute approximate surface area is 157 Å². The van der Waals surface area contributed by atoms with Crippen LogP contribution in [0.15, 0.2) is 33.2 Å². The van der Waals surface area contributed by atoms with E-state index in [0.29, 0.717) is 19.0 Å². The molecule has 0 bridgehead atoms. The predicted octanol–water partition coefficient (Wildman–Crippen LogP) is 2.75. The Kier molecular flexibility index (Phi) is 6.27. The second kappa shape index (κ2) is 8.84. The number of aliphatic imine (C=N–C) groups is 1. The van der Waals surface area contributed by atoms with Gasteiger partial charge in [0.1, 0.15) is 6.26 Å². The van der Waals surface area contributed by atoms with E-state index in [4.69, 9.17) is 9.15 Å². The van der Waals surface area contributed by atoms with Crippen molar-refractivity contribution < 1.29 is 13.9 Å². The molecule has 140 valence electrons. The summed E-state index contributed by atoms with van der Waals surface area (Å²) in [4.78, 5) is 23.9. The summed E-state index contributed by atoms with van der Waals surface area (Å²) in [6.45, 7) is 4.38. The zero-order chi connectivity index (χ0) is 18.4. The van der Waals surface area contributed by atoms with Crippen LogP contribution in [0, 0.1) is 5.92 Å². The Morgan fingerprint density at radius 1 is 1.50 bits per heavy atom. The minimum absolute atomic E-state index is 0.00630. The maximum absolute atomic E-state index is 11.9. The zero-order valence-corrected chi connectivity index (χ0v) is 15.9. The van der Waals surface area contributed by atoms with Crippen LogP contribution in [0.1, 0.15) is 25.5 Å². The maximum Gasteiger partial charge on any atom is 0.309 e. The molecule has 1 aliphatic rings. The molecule has 1 fully saturated rings. The van der Waals surface area contributed by atoms with E-state index in [0.717, 1.165) is 42.5 Å². The molecule has 0 radical (unpaired) electrons. The molecule has 2 aromatic heterocycles. The highest BCUT2D eigenvalue weighted by Gasteiger charge is 2.27. The number of nitrogens with one attached hydrogen (secondary N) is 1. The van der Waals surface area contributed by atoms with Crippen LogP contribution in [0.3, 0.4) is 0 Å². The number of nitrogens with zero attached hydrogens (tertiary/aromatic N) is 3. The monoisotopic (exact) mass is 376 g/mol. The first-order chi connectivity index (χ1) is 12.7. The molecule has 0 saturated carbocycles. The van der Waals surface area contributed by atoms with Gasteiger partial charge < -0.3 is 19.4 Å². The summed E-state index contributed by atoms with van der Waals surface area (Å²) in [6.07, 6.45) is 3.24. The number of aromatic nitrogens is 1. The number of carbonyl (C=O) groups is 1. The van der Waals surface area contributed by atoms with Crippen molar-refractivity contribution in [1.29, 1.82) is 0 Å². The van der Waals surface area contributed by atoms with Crippen LogP contribution in [-0.4, -0.2) is 48.6 Å². The SMILES string of the molecule is CCOC(=O)C1CCN(C(=NC)NCc2coc(-c3cccs3)n2)CC1. The number of ether oxygens (including phenoxy) is 1. The van der Waals surface area contributed by atoms with Crippen LogP contribution in [0.25, 0.3) is 10.8 Å². The van der Waals surface area contributed by atoms with Gasteiger partial charge in [-0.25, -0.2) is 4.98 Å². The third-order valence-electron chi connectivity index (χ3n) is 4.34. The average molecular weight is 376 g/mol. The van der Waals surface area contributed by atoms with Crippen LogP contribution >= 0.6 is 11.3 Å². The lowest BCUT2D eigenvalue weighted by molar-refractivity contribution is -0.149.